The fraction of sp³-hybridized carbons (Fsp3) is 0. The zero-order valence-corrected chi connectivity index (χ0v) is 73.4. The smallest absolute Gasteiger partial charge is 0.161 e. The molecule has 0 unspecified atom stereocenters. The first-order chi connectivity index (χ1) is 66.0. The highest BCUT2D eigenvalue weighted by Gasteiger charge is 2.29. The van der Waals surface area contributed by atoms with E-state index in [-0.39, 0.29) is 0 Å². The zero-order chi connectivity index (χ0) is 87.8. The van der Waals surface area contributed by atoms with Crippen LogP contribution < -0.4 is 0 Å². The molecule has 133 heavy (non-hydrogen) atoms. The molecule has 0 amide bonds. The van der Waals surface area contributed by atoms with Crippen LogP contribution in [0.2, 0.25) is 0 Å². The molecule has 0 saturated carbocycles. The van der Waals surface area contributed by atoms with E-state index in [0.29, 0.717) is 0 Å². The number of benzene rings is 21. The number of aromatic nitrogens is 6. The van der Waals surface area contributed by atoms with Crippen molar-refractivity contribution in [3.63, 3.8) is 0 Å². The van der Waals surface area contributed by atoms with Crippen molar-refractivity contribution in [2.75, 3.05) is 0 Å². The van der Waals surface area contributed by atoms with Crippen LogP contribution in [0.25, 0.3) is 262 Å². The van der Waals surface area contributed by atoms with Crippen molar-refractivity contribution in [1.82, 2.24) is 29.9 Å². The molecule has 9 heteroatoms. The number of hydrogen-bond donors (Lipinski definition) is 0. The second-order valence-electron chi connectivity index (χ2n) is 33.6. The van der Waals surface area contributed by atoms with E-state index in [1.165, 1.54) is 100 Å². The summed E-state index contributed by atoms with van der Waals surface area (Å²) >= 11 is 3.74. The van der Waals surface area contributed by atoms with E-state index in [9.17, 15) is 0 Å². The molecule has 27 rings (SSSR count). The fourth-order valence-electron chi connectivity index (χ4n) is 19.9. The molecule has 6 aromatic heterocycles. The Bertz CT molecular complexity index is 9240. The number of fused-ring (bicyclic) bond motifs is 17. The minimum absolute atomic E-state index is 0.718. The van der Waals surface area contributed by atoms with E-state index < -0.39 is 0 Å². The van der Waals surface area contributed by atoms with E-state index in [1.54, 1.807) is 0 Å². The molecule has 0 atom stereocenters. The van der Waals surface area contributed by atoms with Crippen LogP contribution in [-0.2, 0) is 0 Å². The summed E-state index contributed by atoms with van der Waals surface area (Å²) in [5.74, 6) is 1.47. The van der Waals surface area contributed by atoms with Crippen molar-refractivity contribution < 1.29 is 4.42 Å². The molecule has 0 aliphatic heterocycles. The zero-order valence-electron chi connectivity index (χ0n) is 71.8. The summed E-state index contributed by atoms with van der Waals surface area (Å²) in [5, 5.41) is 18.9. The van der Waals surface area contributed by atoms with Gasteiger partial charge in [-0.25, -0.2) is 29.9 Å². The van der Waals surface area contributed by atoms with Gasteiger partial charge in [0.25, 0.3) is 0 Å². The summed E-state index contributed by atoms with van der Waals surface area (Å²) in [7, 11) is 0. The molecule has 0 radical (unpaired) electrons. The lowest BCUT2D eigenvalue weighted by Gasteiger charge is -2.16. The molecular formula is C124H76N6OS2. The van der Waals surface area contributed by atoms with Crippen molar-refractivity contribution in [2.24, 2.45) is 0 Å². The van der Waals surface area contributed by atoms with Crippen LogP contribution in [0.3, 0.4) is 0 Å². The second-order valence-corrected chi connectivity index (χ2v) is 35.7. The lowest BCUT2D eigenvalue weighted by Crippen LogP contribution is -1.98. The Morgan fingerprint density at radius 2 is 0.526 bits per heavy atom. The molecule has 0 spiro atoms. The molecule has 6 heterocycles. The fourth-order valence-corrected chi connectivity index (χ4v) is 22.5. The third-order valence-corrected chi connectivity index (χ3v) is 28.1. The summed E-state index contributed by atoms with van der Waals surface area (Å²) in [6.45, 7) is 0. The molecule has 0 bridgehead atoms. The van der Waals surface area contributed by atoms with Crippen molar-refractivity contribution >= 4 is 161 Å². The van der Waals surface area contributed by atoms with Crippen LogP contribution in [0.15, 0.2) is 465 Å². The summed E-state index contributed by atoms with van der Waals surface area (Å²) in [6.07, 6.45) is 0. The van der Waals surface area contributed by atoms with Crippen LogP contribution in [0, 0.1) is 0 Å². The summed E-state index contributed by atoms with van der Waals surface area (Å²) in [5.41, 5.74) is 27.3. The van der Waals surface area contributed by atoms with Gasteiger partial charge in [-0.1, -0.05) is 413 Å². The van der Waals surface area contributed by atoms with Gasteiger partial charge in [0.1, 0.15) is 11.2 Å². The third-order valence-electron chi connectivity index (χ3n) is 25.8. The van der Waals surface area contributed by atoms with Gasteiger partial charge in [-0.15, -0.1) is 22.7 Å². The Morgan fingerprint density at radius 1 is 0.173 bits per heavy atom. The maximum Gasteiger partial charge on any atom is 0.161 e. The van der Waals surface area contributed by atoms with E-state index in [0.717, 1.165) is 161 Å². The lowest BCUT2D eigenvalue weighted by atomic mass is 9.87. The lowest BCUT2D eigenvalue weighted by molar-refractivity contribution is 0.670. The van der Waals surface area contributed by atoms with Gasteiger partial charge in [-0.3, -0.25) is 0 Å². The maximum absolute atomic E-state index is 6.73. The number of nitrogens with zero attached hydrogens (tertiary/aromatic N) is 6. The van der Waals surface area contributed by atoms with Crippen molar-refractivity contribution in [3.05, 3.63) is 461 Å². The van der Waals surface area contributed by atoms with Gasteiger partial charge in [-0.05, 0) is 125 Å². The molecule has 7 nitrogen and oxygen atoms in total. The Balaban J connectivity index is 0.000000107. The van der Waals surface area contributed by atoms with Gasteiger partial charge >= 0.3 is 0 Å². The van der Waals surface area contributed by atoms with Crippen molar-refractivity contribution in [1.29, 1.82) is 0 Å². The highest BCUT2D eigenvalue weighted by Crippen LogP contribution is 2.54. The van der Waals surface area contributed by atoms with Gasteiger partial charge in [0.2, 0.25) is 0 Å². The number of rotatable bonds is 11. The van der Waals surface area contributed by atoms with Crippen LogP contribution >= 0.6 is 22.7 Å². The number of para-hydroxylation sites is 1. The molecule has 0 N–H and O–H groups in total. The molecule has 27 aromatic rings. The standard InChI is InChI=1S/C42H26N2O.C42H26N2S.C40H24N2S/c1-4-14-27(15-5-1)38-32-21-11-10-20-31(32)37(39-33-22-12-13-23-36(33)45-41(38)39)30-24-25-35-34(26-30)40(28-16-6-2-7-17-28)44-42(43-35)29-18-8-3-9-19-29;1-4-14-27(15-5-1)38-32-21-11-10-20-31(32)37(39-33-22-12-13-23-36(33)45-42(38)39)30-24-25-34-35(26-30)44-41(29-18-8-3-9-19-29)40(43-34)28-16-6-2-7-17-28;1-3-14-26(15-4-1)34-29-19-9-10-20-30(29)37(36-31-21-11-12-22-33(31)43-39(34)36)40-41-32-24-23-25-13-7-8-18-28(25)35(32)38(42-40)27-16-5-2-6-17-27/h2*1-26H;1-24H. The molecule has 0 aliphatic carbocycles. The van der Waals surface area contributed by atoms with Gasteiger partial charge in [-0.2, -0.15) is 0 Å². The third kappa shape index (κ3) is 13.7. The van der Waals surface area contributed by atoms with Gasteiger partial charge in [0, 0.05) is 118 Å². The van der Waals surface area contributed by atoms with Crippen molar-refractivity contribution in [3.8, 4) is 123 Å². The van der Waals surface area contributed by atoms with Crippen LogP contribution in [0.5, 0.6) is 0 Å². The largest absolute Gasteiger partial charge is 0.455 e. The molecule has 0 aliphatic rings. The molecule has 620 valence electrons. The minimum atomic E-state index is 0.718. The highest BCUT2D eigenvalue weighted by atomic mass is 32.1. The van der Waals surface area contributed by atoms with Gasteiger partial charge < -0.3 is 4.42 Å². The van der Waals surface area contributed by atoms with Crippen LogP contribution in [0.4, 0.5) is 0 Å². The first kappa shape index (κ1) is 78.2. The SMILES string of the molecule is c1ccc(-c2c3ccccc3c(-c3nc(-c4ccccc4)c4c(ccc5ccccc54)n3)c3c2sc2ccccc23)cc1.c1ccc(-c2nc(-c3ccccc3)c3cc(-c4c5ccccc5c(-c5ccccc5)c5oc6ccccc6c45)ccc3n2)cc1.c1ccc(-c2nc3ccc(-c4c5ccccc5c(-c5ccccc5)c5sc6ccccc6c45)cc3nc2-c2ccccc2)cc1. The quantitative estimate of drug-likeness (QED) is 0.119. The maximum atomic E-state index is 6.73. The Kier molecular flexibility index (Phi) is 19.5. The second kappa shape index (κ2) is 33.2. The number of furan rings is 1. The molecule has 0 fully saturated rings. The van der Waals surface area contributed by atoms with Gasteiger partial charge in [0.15, 0.2) is 11.6 Å². The summed E-state index contributed by atoms with van der Waals surface area (Å²) in [4.78, 5) is 31.6. The summed E-state index contributed by atoms with van der Waals surface area (Å²) < 4.78 is 11.9. The normalized spacial score (nSPS) is 11.6. The molecule has 21 aromatic carbocycles. The number of hydrogen-bond acceptors (Lipinski definition) is 9. The Labute approximate surface area is 773 Å². The van der Waals surface area contributed by atoms with Gasteiger partial charge in [0.05, 0.1) is 44.8 Å². The topological polar surface area (TPSA) is 90.5 Å². The predicted octanol–water partition coefficient (Wildman–Crippen LogP) is 34.5. The molecular weight excluding hydrogens is 1650 g/mol. The average molecular weight is 1730 g/mol. The van der Waals surface area contributed by atoms with Crippen molar-refractivity contribution in [2.45, 2.75) is 0 Å². The number of thiophene rings is 2. The van der Waals surface area contributed by atoms with Crippen LogP contribution in [0.1, 0.15) is 0 Å². The Morgan fingerprint density at radius 3 is 1.05 bits per heavy atom. The minimum Gasteiger partial charge on any atom is -0.455 e. The predicted molar refractivity (Wildman–Crippen MR) is 561 cm³/mol. The average Bonchev–Trinajstić information content (AvgIpc) is 1.64. The summed E-state index contributed by atoms with van der Waals surface area (Å²) in [6, 6.07) is 162. The van der Waals surface area contributed by atoms with Crippen LogP contribution in [-0.4, -0.2) is 29.9 Å². The van der Waals surface area contributed by atoms with E-state index in [4.69, 9.17) is 34.3 Å². The van der Waals surface area contributed by atoms with E-state index in [2.05, 4.69) is 419 Å². The van der Waals surface area contributed by atoms with E-state index >= 15 is 0 Å². The van der Waals surface area contributed by atoms with E-state index in [1.807, 2.05) is 65.1 Å². The molecule has 0 saturated heterocycles. The monoisotopic (exact) mass is 1730 g/mol. The first-order valence-electron chi connectivity index (χ1n) is 44.9. The highest BCUT2D eigenvalue weighted by molar-refractivity contribution is 7.27. The first-order valence-corrected chi connectivity index (χ1v) is 46.5. The Hall–Kier alpha value is -17.1.